The first kappa shape index (κ1) is 64.8. The van der Waals surface area contributed by atoms with Gasteiger partial charge in [0.25, 0.3) is 0 Å². The standard InChI is InChI=1S/C63H108O5/c1-4-7-10-13-16-19-22-25-28-30-32-34-36-38-41-44-47-50-53-56-62(64)67-60-61(59-66-58-55-52-49-46-43-40-27-24-21-18-15-12-9-6-3)68-63(65)57-54-51-48-45-42-39-37-35-33-31-29-26-23-20-17-14-11-8-5-2/h7,9-10,12,16,18-19,21,25,27-28,32,34,38,40-41,61H,4-6,8,11,13-15,17,20,22-24,26,29-31,33,35-37,39,42-60H2,1-3H3/b10-7-,12-9-,19-16-,21-18-,28-25-,34-32-,40-27-,41-38-. The summed E-state index contributed by atoms with van der Waals surface area (Å²) < 4.78 is 17.4. The monoisotopic (exact) mass is 945 g/mol. The molecule has 0 heterocycles. The fourth-order valence-electron chi connectivity index (χ4n) is 7.90. The van der Waals surface area contributed by atoms with E-state index < -0.39 is 6.10 Å². The molecule has 0 amide bonds. The SMILES string of the molecule is CC/C=C\C/C=C\C/C=C\C/C=C\C/C=C\CCCCCC(=O)OCC(COCCCCCC/C=C\C/C=C\C/C=C\CC)OC(=O)CCCCCCCCCCCCCCCCCCCCC. The molecule has 1 atom stereocenters. The predicted octanol–water partition coefficient (Wildman–Crippen LogP) is 19.8. The molecule has 1 unspecified atom stereocenters. The van der Waals surface area contributed by atoms with E-state index in [0.29, 0.717) is 19.4 Å². The van der Waals surface area contributed by atoms with Crippen molar-refractivity contribution in [1.82, 2.24) is 0 Å². The molecule has 0 saturated heterocycles. The van der Waals surface area contributed by atoms with Gasteiger partial charge in [0, 0.05) is 19.4 Å². The smallest absolute Gasteiger partial charge is 0.306 e. The van der Waals surface area contributed by atoms with Gasteiger partial charge in [0.05, 0.1) is 6.61 Å². The summed E-state index contributed by atoms with van der Waals surface area (Å²) in [6.07, 6.45) is 78.6. The van der Waals surface area contributed by atoms with Crippen LogP contribution in [-0.4, -0.2) is 37.9 Å². The van der Waals surface area contributed by atoms with Crippen molar-refractivity contribution < 1.29 is 23.8 Å². The van der Waals surface area contributed by atoms with E-state index in [4.69, 9.17) is 14.2 Å². The maximum atomic E-state index is 12.9. The van der Waals surface area contributed by atoms with Crippen LogP contribution >= 0.6 is 0 Å². The third-order valence-electron chi connectivity index (χ3n) is 12.1. The molecule has 0 aromatic carbocycles. The van der Waals surface area contributed by atoms with E-state index >= 15 is 0 Å². The van der Waals surface area contributed by atoms with Crippen molar-refractivity contribution in [2.45, 2.75) is 271 Å². The molecule has 0 aliphatic rings. The molecule has 390 valence electrons. The summed E-state index contributed by atoms with van der Waals surface area (Å²) in [5.74, 6) is -0.442. The van der Waals surface area contributed by atoms with Crippen molar-refractivity contribution in [2.24, 2.45) is 0 Å². The van der Waals surface area contributed by atoms with Crippen LogP contribution in [0.3, 0.4) is 0 Å². The van der Waals surface area contributed by atoms with Crippen LogP contribution in [0.4, 0.5) is 0 Å². The van der Waals surface area contributed by atoms with Crippen LogP contribution in [0.5, 0.6) is 0 Å². The molecule has 0 saturated carbocycles. The van der Waals surface area contributed by atoms with Crippen LogP contribution in [0.25, 0.3) is 0 Å². The number of allylic oxidation sites excluding steroid dienone is 16. The topological polar surface area (TPSA) is 61.8 Å². The van der Waals surface area contributed by atoms with Crippen molar-refractivity contribution in [3.8, 4) is 0 Å². The zero-order valence-corrected chi connectivity index (χ0v) is 44.8. The summed E-state index contributed by atoms with van der Waals surface area (Å²) in [6, 6.07) is 0. The largest absolute Gasteiger partial charge is 0.462 e. The van der Waals surface area contributed by atoms with E-state index in [9.17, 15) is 9.59 Å². The van der Waals surface area contributed by atoms with Crippen molar-refractivity contribution in [3.05, 3.63) is 97.2 Å². The van der Waals surface area contributed by atoms with Crippen LogP contribution in [0.15, 0.2) is 97.2 Å². The first-order valence-corrected chi connectivity index (χ1v) is 28.8. The van der Waals surface area contributed by atoms with E-state index in [1.165, 1.54) is 122 Å². The molecule has 5 nitrogen and oxygen atoms in total. The third-order valence-corrected chi connectivity index (χ3v) is 12.1. The molecule has 0 radical (unpaired) electrons. The van der Waals surface area contributed by atoms with Gasteiger partial charge in [-0.15, -0.1) is 0 Å². The van der Waals surface area contributed by atoms with Crippen LogP contribution in [0.2, 0.25) is 0 Å². The summed E-state index contributed by atoms with van der Waals surface area (Å²) >= 11 is 0. The van der Waals surface area contributed by atoms with Gasteiger partial charge in [-0.05, 0) is 96.3 Å². The van der Waals surface area contributed by atoms with Gasteiger partial charge >= 0.3 is 11.9 Å². The van der Waals surface area contributed by atoms with Crippen LogP contribution in [-0.2, 0) is 23.8 Å². The van der Waals surface area contributed by atoms with E-state index in [0.717, 1.165) is 109 Å². The first-order chi connectivity index (χ1) is 33.6. The number of rotatable bonds is 52. The average molecular weight is 946 g/mol. The lowest BCUT2D eigenvalue weighted by Crippen LogP contribution is -2.30. The van der Waals surface area contributed by atoms with Crippen LogP contribution < -0.4 is 0 Å². The van der Waals surface area contributed by atoms with Gasteiger partial charge in [-0.3, -0.25) is 9.59 Å². The Bertz CT molecular complexity index is 1300. The molecule has 0 aromatic heterocycles. The fraction of sp³-hybridized carbons (Fsp3) is 0.714. The van der Waals surface area contributed by atoms with Gasteiger partial charge in [0.1, 0.15) is 6.61 Å². The average Bonchev–Trinajstić information content (AvgIpc) is 3.34. The number of unbranched alkanes of at least 4 members (excludes halogenated alkanes) is 25. The summed E-state index contributed by atoms with van der Waals surface area (Å²) in [4.78, 5) is 25.5. The third kappa shape index (κ3) is 55.4. The van der Waals surface area contributed by atoms with Crippen molar-refractivity contribution in [2.75, 3.05) is 19.8 Å². The molecule has 0 aliphatic carbocycles. The Morgan fingerprint density at radius 2 is 0.662 bits per heavy atom. The normalized spacial score (nSPS) is 12.9. The zero-order chi connectivity index (χ0) is 49.2. The lowest BCUT2D eigenvalue weighted by Gasteiger charge is -2.18. The highest BCUT2D eigenvalue weighted by Gasteiger charge is 2.17. The number of hydrogen-bond donors (Lipinski definition) is 0. The predicted molar refractivity (Wildman–Crippen MR) is 297 cm³/mol. The van der Waals surface area contributed by atoms with Crippen LogP contribution in [0.1, 0.15) is 265 Å². The Kier molecular flexibility index (Phi) is 55.4. The van der Waals surface area contributed by atoms with Gasteiger partial charge in [-0.1, -0.05) is 253 Å². The van der Waals surface area contributed by atoms with E-state index in [-0.39, 0.29) is 25.2 Å². The van der Waals surface area contributed by atoms with Crippen molar-refractivity contribution in [1.29, 1.82) is 0 Å². The van der Waals surface area contributed by atoms with Gasteiger partial charge in [-0.25, -0.2) is 0 Å². The second-order valence-electron chi connectivity index (χ2n) is 18.8. The highest BCUT2D eigenvalue weighted by atomic mass is 16.6. The highest BCUT2D eigenvalue weighted by Crippen LogP contribution is 2.16. The molecule has 0 N–H and O–H groups in total. The van der Waals surface area contributed by atoms with E-state index in [1.54, 1.807) is 0 Å². The summed E-state index contributed by atoms with van der Waals surface area (Å²) in [7, 11) is 0. The van der Waals surface area contributed by atoms with Crippen molar-refractivity contribution in [3.63, 3.8) is 0 Å². The van der Waals surface area contributed by atoms with Gasteiger partial charge < -0.3 is 14.2 Å². The second kappa shape index (κ2) is 58.1. The summed E-state index contributed by atoms with van der Waals surface area (Å²) in [5, 5.41) is 0. The molecular weight excluding hydrogens is 837 g/mol. The fourth-order valence-corrected chi connectivity index (χ4v) is 7.90. The second-order valence-corrected chi connectivity index (χ2v) is 18.8. The van der Waals surface area contributed by atoms with Gasteiger partial charge in [-0.2, -0.15) is 0 Å². The molecule has 0 aromatic rings. The highest BCUT2D eigenvalue weighted by molar-refractivity contribution is 5.70. The maximum absolute atomic E-state index is 12.9. The maximum Gasteiger partial charge on any atom is 0.306 e. The molecule has 0 spiro atoms. The molecule has 68 heavy (non-hydrogen) atoms. The van der Waals surface area contributed by atoms with E-state index in [1.807, 2.05) is 0 Å². The Morgan fingerprint density at radius 1 is 0.338 bits per heavy atom. The molecule has 0 aliphatic heterocycles. The minimum Gasteiger partial charge on any atom is -0.462 e. The molecule has 0 rings (SSSR count). The van der Waals surface area contributed by atoms with E-state index in [2.05, 4.69) is 118 Å². The lowest BCUT2D eigenvalue weighted by molar-refractivity contribution is -0.163. The van der Waals surface area contributed by atoms with Crippen molar-refractivity contribution >= 4 is 11.9 Å². The number of hydrogen-bond acceptors (Lipinski definition) is 5. The zero-order valence-electron chi connectivity index (χ0n) is 44.8. The summed E-state index contributed by atoms with van der Waals surface area (Å²) in [5.41, 5.74) is 0. The molecule has 5 heteroatoms. The number of ether oxygens (including phenoxy) is 3. The van der Waals surface area contributed by atoms with Gasteiger partial charge in [0.2, 0.25) is 0 Å². The van der Waals surface area contributed by atoms with Crippen LogP contribution in [0, 0.1) is 0 Å². The van der Waals surface area contributed by atoms with Gasteiger partial charge in [0.15, 0.2) is 6.10 Å². The first-order valence-electron chi connectivity index (χ1n) is 28.8. The quantitative estimate of drug-likeness (QED) is 0.0345. The molecule has 0 fully saturated rings. The Balaban J connectivity index is 4.34. The lowest BCUT2D eigenvalue weighted by atomic mass is 10.0. The number of carbonyl (C=O) groups excluding carboxylic acids is 2. The number of carbonyl (C=O) groups is 2. The molecular formula is C63H108O5. The minimum atomic E-state index is -0.566. The summed E-state index contributed by atoms with van der Waals surface area (Å²) in [6.45, 7) is 7.54. The Labute approximate surface area is 422 Å². The minimum absolute atomic E-state index is 0.0563. The Hall–Kier alpha value is -3.18. The number of esters is 2. The Morgan fingerprint density at radius 3 is 1.07 bits per heavy atom. The molecule has 0 bridgehead atoms.